The molecular weight excluding hydrogens is 309 g/mol. The van der Waals surface area contributed by atoms with E-state index in [1.165, 1.54) is 17.0 Å². The van der Waals surface area contributed by atoms with Gasteiger partial charge in [0.2, 0.25) is 0 Å². The molecule has 126 valence electrons. The molecule has 1 amide bonds. The van der Waals surface area contributed by atoms with Crippen LogP contribution in [0.25, 0.3) is 0 Å². The predicted molar refractivity (Wildman–Crippen MR) is 89.4 cm³/mol. The van der Waals surface area contributed by atoms with Crippen LogP contribution in [0.4, 0.5) is 10.2 Å². The number of rotatable bonds is 3. The number of amides is 1. The maximum Gasteiger partial charge on any atom is 0.254 e. The van der Waals surface area contributed by atoms with E-state index in [2.05, 4.69) is 4.98 Å². The lowest BCUT2D eigenvalue weighted by Gasteiger charge is -2.26. The summed E-state index contributed by atoms with van der Waals surface area (Å²) in [5.74, 6) is 0.301. The van der Waals surface area contributed by atoms with Crippen LogP contribution in [-0.2, 0) is 0 Å². The minimum atomic E-state index is -0.468. The van der Waals surface area contributed by atoms with Gasteiger partial charge in [-0.3, -0.25) is 4.79 Å². The molecule has 0 radical (unpaired) electrons. The van der Waals surface area contributed by atoms with Gasteiger partial charge in [0, 0.05) is 26.8 Å². The predicted octanol–water partition coefficient (Wildman–Crippen LogP) is 2.23. The van der Waals surface area contributed by atoms with Crippen molar-refractivity contribution in [3.8, 4) is 0 Å². The standard InChI is InChI=1S/C18H20FN3O2/c1-21(2)18(24)13-5-8-17(20-10-13)22-11-15(23)9-16(22)12-3-6-14(19)7-4-12/h3-8,10,15-16,23H,9,11H2,1-2H3/t15-,16-/m0/s1. The van der Waals surface area contributed by atoms with Gasteiger partial charge in [0.1, 0.15) is 11.6 Å². The lowest BCUT2D eigenvalue weighted by Crippen LogP contribution is -2.26. The molecule has 2 aromatic rings. The third-order valence-electron chi connectivity index (χ3n) is 4.23. The van der Waals surface area contributed by atoms with Crippen molar-refractivity contribution in [1.82, 2.24) is 9.88 Å². The first-order valence-electron chi connectivity index (χ1n) is 7.83. The topological polar surface area (TPSA) is 56.7 Å². The van der Waals surface area contributed by atoms with Crippen molar-refractivity contribution >= 4 is 11.7 Å². The van der Waals surface area contributed by atoms with Crippen molar-refractivity contribution in [3.63, 3.8) is 0 Å². The Balaban J connectivity index is 1.86. The van der Waals surface area contributed by atoms with Crippen LogP contribution < -0.4 is 4.90 Å². The second kappa shape index (κ2) is 6.57. The van der Waals surface area contributed by atoms with Gasteiger partial charge < -0.3 is 14.9 Å². The Morgan fingerprint density at radius 3 is 2.54 bits per heavy atom. The molecule has 24 heavy (non-hydrogen) atoms. The van der Waals surface area contributed by atoms with Gasteiger partial charge in [-0.05, 0) is 36.2 Å². The Morgan fingerprint density at radius 2 is 1.96 bits per heavy atom. The number of aromatic nitrogens is 1. The van der Waals surface area contributed by atoms with Crippen LogP contribution >= 0.6 is 0 Å². The molecular formula is C18H20FN3O2. The zero-order valence-corrected chi connectivity index (χ0v) is 13.7. The molecule has 2 heterocycles. The summed E-state index contributed by atoms with van der Waals surface area (Å²) in [6.45, 7) is 0.454. The molecule has 2 atom stereocenters. The molecule has 1 saturated heterocycles. The average molecular weight is 329 g/mol. The van der Waals surface area contributed by atoms with E-state index in [0.717, 1.165) is 5.56 Å². The van der Waals surface area contributed by atoms with Crippen molar-refractivity contribution in [2.75, 3.05) is 25.5 Å². The molecule has 0 unspecified atom stereocenters. The highest BCUT2D eigenvalue weighted by Crippen LogP contribution is 2.35. The smallest absolute Gasteiger partial charge is 0.254 e. The van der Waals surface area contributed by atoms with E-state index in [1.807, 2.05) is 4.90 Å². The third kappa shape index (κ3) is 3.23. The molecule has 1 aromatic heterocycles. The number of halogens is 1. The Bertz CT molecular complexity index is 716. The summed E-state index contributed by atoms with van der Waals surface area (Å²) in [5, 5.41) is 10.1. The first-order chi connectivity index (χ1) is 11.5. The monoisotopic (exact) mass is 329 g/mol. The van der Waals surface area contributed by atoms with Crippen LogP contribution in [0.3, 0.4) is 0 Å². The van der Waals surface area contributed by atoms with Crippen molar-refractivity contribution in [2.24, 2.45) is 0 Å². The zero-order chi connectivity index (χ0) is 17.3. The van der Waals surface area contributed by atoms with E-state index in [9.17, 15) is 14.3 Å². The van der Waals surface area contributed by atoms with E-state index < -0.39 is 6.10 Å². The van der Waals surface area contributed by atoms with Crippen LogP contribution in [0.15, 0.2) is 42.6 Å². The van der Waals surface area contributed by atoms with Gasteiger partial charge in [0.15, 0.2) is 0 Å². The molecule has 1 aromatic carbocycles. The zero-order valence-electron chi connectivity index (χ0n) is 13.7. The van der Waals surface area contributed by atoms with Gasteiger partial charge in [0.05, 0.1) is 17.7 Å². The first-order valence-corrected chi connectivity index (χ1v) is 7.83. The molecule has 1 fully saturated rings. The lowest BCUT2D eigenvalue weighted by atomic mass is 10.0. The highest BCUT2D eigenvalue weighted by Gasteiger charge is 2.33. The number of carbonyl (C=O) groups is 1. The normalized spacial score (nSPS) is 20.2. The maximum absolute atomic E-state index is 13.1. The van der Waals surface area contributed by atoms with E-state index in [-0.39, 0.29) is 17.8 Å². The summed E-state index contributed by atoms with van der Waals surface area (Å²) < 4.78 is 13.1. The van der Waals surface area contributed by atoms with Gasteiger partial charge in [-0.1, -0.05) is 12.1 Å². The summed E-state index contributed by atoms with van der Waals surface area (Å²) in [7, 11) is 3.38. The van der Waals surface area contributed by atoms with Crippen molar-refractivity contribution in [2.45, 2.75) is 18.6 Å². The van der Waals surface area contributed by atoms with E-state index in [1.54, 1.807) is 44.6 Å². The van der Waals surface area contributed by atoms with Crippen LogP contribution in [0.2, 0.25) is 0 Å². The number of nitrogens with zero attached hydrogens (tertiary/aromatic N) is 3. The molecule has 1 aliphatic rings. The second-order valence-electron chi connectivity index (χ2n) is 6.21. The molecule has 3 rings (SSSR count). The fourth-order valence-corrected chi connectivity index (χ4v) is 3.01. The van der Waals surface area contributed by atoms with Crippen molar-refractivity contribution in [1.29, 1.82) is 0 Å². The van der Waals surface area contributed by atoms with Crippen molar-refractivity contribution in [3.05, 3.63) is 59.5 Å². The van der Waals surface area contributed by atoms with Crippen LogP contribution in [0, 0.1) is 5.82 Å². The van der Waals surface area contributed by atoms with E-state index in [0.29, 0.717) is 24.3 Å². The number of anilines is 1. The van der Waals surface area contributed by atoms with E-state index in [4.69, 9.17) is 0 Å². The Hall–Kier alpha value is -2.47. The molecule has 0 saturated carbocycles. The number of aliphatic hydroxyl groups is 1. The number of carbonyl (C=O) groups excluding carboxylic acids is 1. The molecule has 0 bridgehead atoms. The summed E-state index contributed by atoms with van der Waals surface area (Å²) in [6, 6.07) is 9.75. The highest BCUT2D eigenvalue weighted by molar-refractivity contribution is 5.93. The Morgan fingerprint density at radius 1 is 1.25 bits per heavy atom. The first kappa shape index (κ1) is 16.4. The number of hydrogen-bond donors (Lipinski definition) is 1. The van der Waals surface area contributed by atoms with Crippen LogP contribution in [-0.4, -0.2) is 47.6 Å². The molecule has 5 nitrogen and oxygen atoms in total. The van der Waals surface area contributed by atoms with Gasteiger partial charge in [-0.2, -0.15) is 0 Å². The summed E-state index contributed by atoms with van der Waals surface area (Å²) in [4.78, 5) is 19.8. The third-order valence-corrected chi connectivity index (χ3v) is 4.23. The Kier molecular flexibility index (Phi) is 4.49. The van der Waals surface area contributed by atoms with Crippen LogP contribution in [0.1, 0.15) is 28.4 Å². The van der Waals surface area contributed by atoms with Gasteiger partial charge >= 0.3 is 0 Å². The molecule has 1 aliphatic heterocycles. The van der Waals surface area contributed by atoms with Crippen molar-refractivity contribution < 1.29 is 14.3 Å². The number of hydrogen-bond acceptors (Lipinski definition) is 4. The number of β-amino-alcohol motifs (C(OH)–C–C–N with tert-alkyl or cyclic N) is 1. The fourth-order valence-electron chi connectivity index (χ4n) is 3.01. The number of aliphatic hydroxyl groups excluding tert-OH is 1. The summed E-state index contributed by atoms with van der Waals surface area (Å²) in [6.07, 6.45) is 1.64. The van der Waals surface area contributed by atoms with Gasteiger partial charge in [0.25, 0.3) is 5.91 Å². The molecule has 6 heteroatoms. The summed E-state index contributed by atoms with van der Waals surface area (Å²) >= 11 is 0. The summed E-state index contributed by atoms with van der Waals surface area (Å²) in [5.41, 5.74) is 1.45. The maximum atomic E-state index is 13.1. The van der Waals surface area contributed by atoms with Crippen LogP contribution in [0.5, 0.6) is 0 Å². The number of benzene rings is 1. The van der Waals surface area contributed by atoms with Gasteiger partial charge in [-0.15, -0.1) is 0 Å². The minimum Gasteiger partial charge on any atom is -0.391 e. The quantitative estimate of drug-likeness (QED) is 0.938. The van der Waals surface area contributed by atoms with Gasteiger partial charge in [-0.25, -0.2) is 9.37 Å². The lowest BCUT2D eigenvalue weighted by molar-refractivity contribution is 0.0827. The molecule has 0 aliphatic carbocycles. The number of pyridine rings is 1. The largest absolute Gasteiger partial charge is 0.391 e. The Labute approximate surface area is 140 Å². The fraction of sp³-hybridized carbons (Fsp3) is 0.333. The molecule has 0 spiro atoms. The second-order valence-corrected chi connectivity index (χ2v) is 6.21. The average Bonchev–Trinajstić information content (AvgIpc) is 2.96. The minimum absolute atomic E-state index is 0.0662. The van der Waals surface area contributed by atoms with E-state index >= 15 is 0 Å². The highest BCUT2D eigenvalue weighted by atomic mass is 19.1. The SMILES string of the molecule is CN(C)C(=O)c1ccc(N2C[C@@H](O)C[C@H]2c2ccc(F)cc2)nc1. The molecule has 1 N–H and O–H groups in total.